The average molecular weight is 518 g/mol. The van der Waals surface area contributed by atoms with Crippen LogP contribution in [0.2, 0.25) is 25.7 Å². The molecule has 0 aliphatic carbocycles. The first-order chi connectivity index (χ1) is 17.8. The molecule has 0 aliphatic rings. The highest BCUT2D eigenvalue weighted by Crippen LogP contribution is 2.32. The number of aromatic nitrogens is 4. The van der Waals surface area contributed by atoms with Crippen LogP contribution < -0.4 is 10.9 Å². The van der Waals surface area contributed by atoms with Gasteiger partial charge in [-0.15, -0.1) is 0 Å². The molecule has 0 saturated heterocycles. The third-order valence-corrected chi connectivity index (χ3v) is 8.67. The molecule has 7 nitrogen and oxygen atoms in total. The molecule has 0 aliphatic heterocycles. The Morgan fingerprint density at radius 3 is 2.35 bits per heavy atom. The van der Waals surface area contributed by atoms with Gasteiger partial charge in [-0.05, 0) is 53.9 Å². The van der Waals surface area contributed by atoms with E-state index >= 15 is 0 Å². The molecular formula is C29H39N5O2Si. The third kappa shape index (κ3) is 6.75. The van der Waals surface area contributed by atoms with Crippen LogP contribution in [0.25, 0.3) is 10.9 Å². The molecule has 4 aromatic rings. The average Bonchev–Trinajstić information content (AvgIpc) is 3.40. The van der Waals surface area contributed by atoms with Crippen molar-refractivity contribution < 1.29 is 4.74 Å². The molecular weight excluding hydrogens is 478 g/mol. The van der Waals surface area contributed by atoms with Gasteiger partial charge < -0.3 is 10.1 Å². The maximum atomic E-state index is 12.5. The number of anilines is 2. The Morgan fingerprint density at radius 2 is 1.70 bits per heavy atom. The largest absolute Gasteiger partial charge is 0.361 e. The first kappa shape index (κ1) is 26.8. The first-order valence-electron chi connectivity index (χ1n) is 13.2. The quantitative estimate of drug-likeness (QED) is 0.168. The van der Waals surface area contributed by atoms with Crippen molar-refractivity contribution in [1.82, 2.24) is 19.3 Å². The second-order valence-corrected chi connectivity index (χ2v) is 16.5. The molecule has 0 spiro atoms. The first-order valence-corrected chi connectivity index (χ1v) is 16.9. The maximum Gasteiger partial charge on any atom is 0.252 e. The van der Waals surface area contributed by atoms with Crippen molar-refractivity contribution in [2.75, 3.05) is 11.9 Å². The topological polar surface area (TPSA) is 74.0 Å². The van der Waals surface area contributed by atoms with Crippen molar-refractivity contribution in [3.63, 3.8) is 0 Å². The van der Waals surface area contributed by atoms with Gasteiger partial charge in [0.25, 0.3) is 5.56 Å². The van der Waals surface area contributed by atoms with Crippen molar-refractivity contribution in [1.29, 1.82) is 0 Å². The summed E-state index contributed by atoms with van der Waals surface area (Å²) in [5.41, 5.74) is 4.03. The van der Waals surface area contributed by atoms with Crippen LogP contribution in [0.1, 0.15) is 38.3 Å². The van der Waals surface area contributed by atoms with Crippen LogP contribution in [0, 0.1) is 5.92 Å². The van der Waals surface area contributed by atoms with Crippen LogP contribution in [0.5, 0.6) is 0 Å². The summed E-state index contributed by atoms with van der Waals surface area (Å²) in [6.45, 7) is 12.4. The number of nitrogens with one attached hydrogen (secondary N) is 1. The smallest absolute Gasteiger partial charge is 0.252 e. The minimum absolute atomic E-state index is 0.0452. The van der Waals surface area contributed by atoms with Crippen molar-refractivity contribution in [3.05, 3.63) is 83.2 Å². The van der Waals surface area contributed by atoms with Crippen LogP contribution in [-0.4, -0.2) is 34.0 Å². The molecule has 0 saturated carbocycles. The Morgan fingerprint density at radius 1 is 0.973 bits per heavy atom. The van der Waals surface area contributed by atoms with Crippen molar-refractivity contribution in [2.45, 2.75) is 65.1 Å². The van der Waals surface area contributed by atoms with Gasteiger partial charge in [0.05, 0.1) is 11.6 Å². The van der Waals surface area contributed by atoms with Crippen molar-refractivity contribution in [2.24, 2.45) is 5.92 Å². The zero-order valence-corrected chi connectivity index (χ0v) is 23.6. The second-order valence-electron chi connectivity index (χ2n) is 10.9. The fourth-order valence-corrected chi connectivity index (χ4v) is 5.47. The van der Waals surface area contributed by atoms with Gasteiger partial charge in [0, 0.05) is 37.5 Å². The van der Waals surface area contributed by atoms with Gasteiger partial charge in [0.2, 0.25) is 0 Å². The lowest BCUT2D eigenvalue weighted by atomic mass is 9.89. The Bertz CT molecular complexity index is 1340. The Labute approximate surface area is 220 Å². The van der Waals surface area contributed by atoms with Gasteiger partial charge in [-0.3, -0.25) is 9.36 Å². The number of benzene rings is 2. The monoisotopic (exact) mass is 517 g/mol. The molecule has 0 fully saturated rings. The predicted molar refractivity (Wildman–Crippen MR) is 154 cm³/mol. The van der Waals surface area contributed by atoms with E-state index in [1.165, 1.54) is 5.56 Å². The summed E-state index contributed by atoms with van der Waals surface area (Å²) in [5, 5.41) is 8.94. The molecule has 8 heteroatoms. The second kappa shape index (κ2) is 11.9. The lowest BCUT2D eigenvalue weighted by Crippen LogP contribution is -2.24. The number of pyridine rings is 1. The van der Waals surface area contributed by atoms with Crippen LogP contribution >= 0.6 is 0 Å². The van der Waals surface area contributed by atoms with E-state index in [1.54, 1.807) is 23.3 Å². The fraction of sp³-hybridized carbons (Fsp3) is 0.414. The number of hydrogen-bond acceptors (Lipinski definition) is 5. The SMILES string of the molecule is CCC(CC)C(c1ccc(Nc2ccc3c(ccc(=O)n3COCC[Si](C)(C)C)c2)cc1)n1cncn1. The number of rotatable bonds is 12. The standard InChI is InChI=1S/C29H39N5O2Si/c1-6-22(7-2)29(34-20-30-19-31-34)23-8-11-25(12-9-23)32-26-13-14-27-24(18-26)10-15-28(35)33(27)21-36-16-17-37(3,4)5/h8-15,18-20,22,29,32H,6-7,16-17,21H2,1-5H3. The summed E-state index contributed by atoms with van der Waals surface area (Å²) in [7, 11) is -1.17. The Balaban J connectivity index is 1.50. The summed E-state index contributed by atoms with van der Waals surface area (Å²) < 4.78 is 9.55. The maximum absolute atomic E-state index is 12.5. The zero-order chi connectivity index (χ0) is 26.4. The highest BCUT2D eigenvalue weighted by atomic mass is 28.3. The van der Waals surface area contributed by atoms with E-state index in [-0.39, 0.29) is 18.3 Å². The van der Waals surface area contributed by atoms with Crippen LogP contribution in [-0.2, 0) is 11.5 Å². The van der Waals surface area contributed by atoms with Gasteiger partial charge >= 0.3 is 0 Å². The summed E-state index contributed by atoms with van der Waals surface area (Å²) in [4.78, 5) is 16.7. The van der Waals surface area contributed by atoms with E-state index in [1.807, 2.05) is 22.9 Å². The van der Waals surface area contributed by atoms with E-state index < -0.39 is 8.07 Å². The van der Waals surface area contributed by atoms with Gasteiger partial charge in [-0.1, -0.05) is 58.5 Å². The van der Waals surface area contributed by atoms with Gasteiger partial charge in [-0.25, -0.2) is 9.67 Å². The van der Waals surface area contributed by atoms with Gasteiger partial charge in [-0.2, -0.15) is 5.10 Å². The van der Waals surface area contributed by atoms with E-state index in [0.717, 1.165) is 41.2 Å². The molecule has 0 bridgehead atoms. The minimum atomic E-state index is -1.17. The normalized spacial score (nSPS) is 12.8. The van der Waals surface area contributed by atoms with E-state index in [0.29, 0.717) is 12.5 Å². The number of nitrogens with zero attached hydrogens (tertiary/aromatic N) is 4. The molecule has 1 N–H and O–H groups in total. The third-order valence-electron chi connectivity index (χ3n) is 6.96. The molecule has 0 amide bonds. The van der Waals surface area contributed by atoms with Crippen LogP contribution in [0.4, 0.5) is 11.4 Å². The summed E-state index contributed by atoms with van der Waals surface area (Å²) in [6, 6.07) is 19.4. The minimum Gasteiger partial charge on any atom is -0.361 e. The van der Waals surface area contributed by atoms with E-state index in [2.05, 4.69) is 79.2 Å². The van der Waals surface area contributed by atoms with Gasteiger partial charge in [0.15, 0.2) is 0 Å². The van der Waals surface area contributed by atoms with Gasteiger partial charge in [0.1, 0.15) is 19.4 Å². The summed E-state index contributed by atoms with van der Waals surface area (Å²) in [5.74, 6) is 0.484. The van der Waals surface area contributed by atoms with Crippen molar-refractivity contribution in [3.8, 4) is 0 Å². The molecule has 2 aromatic heterocycles. The van der Waals surface area contributed by atoms with Crippen molar-refractivity contribution >= 4 is 30.4 Å². The number of hydrogen-bond donors (Lipinski definition) is 1. The highest BCUT2D eigenvalue weighted by Gasteiger charge is 2.23. The molecule has 196 valence electrons. The number of fused-ring (bicyclic) bond motifs is 1. The van der Waals surface area contributed by atoms with E-state index in [9.17, 15) is 4.79 Å². The molecule has 0 radical (unpaired) electrons. The van der Waals surface area contributed by atoms with Crippen LogP contribution in [0.15, 0.2) is 72.0 Å². The molecule has 4 rings (SSSR count). The molecule has 2 heterocycles. The highest BCUT2D eigenvalue weighted by molar-refractivity contribution is 6.76. The fourth-order valence-electron chi connectivity index (χ4n) is 4.72. The molecule has 1 unspecified atom stereocenters. The number of ether oxygens (including phenoxy) is 1. The molecule has 2 aromatic carbocycles. The lowest BCUT2D eigenvalue weighted by Gasteiger charge is -2.26. The Hall–Kier alpha value is -3.23. The lowest BCUT2D eigenvalue weighted by molar-refractivity contribution is 0.0879. The summed E-state index contributed by atoms with van der Waals surface area (Å²) >= 11 is 0. The van der Waals surface area contributed by atoms with E-state index in [4.69, 9.17) is 4.74 Å². The Kier molecular flexibility index (Phi) is 8.61. The van der Waals surface area contributed by atoms with Crippen LogP contribution in [0.3, 0.4) is 0 Å². The molecule has 37 heavy (non-hydrogen) atoms. The summed E-state index contributed by atoms with van der Waals surface area (Å²) in [6.07, 6.45) is 5.56. The zero-order valence-electron chi connectivity index (χ0n) is 22.6. The molecule has 1 atom stereocenters. The predicted octanol–water partition coefficient (Wildman–Crippen LogP) is 6.67.